The molecule has 2 atom stereocenters. The van der Waals surface area contributed by atoms with Gasteiger partial charge >= 0.3 is 12.1 Å². The monoisotopic (exact) mass is 469 g/mol. The second kappa shape index (κ2) is 14.2. The number of amides is 1. The highest BCUT2D eigenvalue weighted by Crippen LogP contribution is 2.24. The Morgan fingerprint density at radius 1 is 1.10 bits per heavy atom. The summed E-state index contributed by atoms with van der Waals surface area (Å²) in [5, 5.41) is 12.8. The second-order valence-electron chi connectivity index (χ2n) is 7.62. The van der Waals surface area contributed by atoms with E-state index in [1.54, 1.807) is 13.8 Å². The number of aliphatic hydroxyl groups excluding tert-OH is 1. The molecule has 0 heterocycles. The van der Waals surface area contributed by atoms with E-state index in [9.17, 15) is 27.9 Å². The molecule has 31 heavy (non-hydrogen) atoms. The average Bonchev–Trinajstić information content (AvgIpc) is 2.67. The molecule has 0 aromatic heterocycles. The minimum Gasteiger partial charge on any atom is -0.434 e. The maximum Gasteiger partial charge on any atom is 0.511 e. The lowest BCUT2D eigenvalue weighted by molar-refractivity contribution is -0.188. The quantitative estimate of drug-likeness (QED) is 0.156. The second-order valence-corrected chi connectivity index (χ2v) is 9.38. The minimum atomic E-state index is -3.93. The summed E-state index contributed by atoms with van der Waals surface area (Å²) < 4.78 is 43.7. The topological polar surface area (TPSA) is 155 Å². The van der Waals surface area contributed by atoms with Gasteiger partial charge in [0, 0.05) is 25.3 Å². The van der Waals surface area contributed by atoms with Crippen LogP contribution in [0.4, 0.5) is 4.79 Å². The van der Waals surface area contributed by atoms with Gasteiger partial charge in [0.05, 0.1) is 19.0 Å². The fourth-order valence-electron chi connectivity index (χ4n) is 2.11. The zero-order valence-corrected chi connectivity index (χ0v) is 19.7. The summed E-state index contributed by atoms with van der Waals surface area (Å²) in [5.41, 5.74) is -1.32. The Kier molecular flexibility index (Phi) is 13.3. The van der Waals surface area contributed by atoms with E-state index in [0.29, 0.717) is 12.8 Å². The number of carbonyl (C=O) groups is 3. The fraction of sp³-hybridized carbons (Fsp3) is 0.842. The Hall–Kier alpha value is -1.92. The zero-order valence-electron chi connectivity index (χ0n) is 18.8. The molecule has 0 fully saturated rings. The Morgan fingerprint density at radius 3 is 2.29 bits per heavy atom. The molecule has 0 spiro atoms. The van der Waals surface area contributed by atoms with Crippen LogP contribution in [0.1, 0.15) is 60.3 Å². The fourth-order valence-corrected chi connectivity index (χ4v) is 3.21. The van der Waals surface area contributed by atoms with Gasteiger partial charge in [0.2, 0.25) is 5.91 Å². The molecule has 0 aliphatic rings. The normalized spacial score (nSPS) is 13.7. The van der Waals surface area contributed by atoms with Crippen LogP contribution < -0.4 is 5.32 Å². The van der Waals surface area contributed by atoms with E-state index in [4.69, 9.17) is 18.4 Å². The summed E-state index contributed by atoms with van der Waals surface area (Å²) in [6.07, 6.45) is -2.51. The molecule has 0 bridgehead atoms. The molecule has 0 saturated carbocycles. The van der Waals surface area contributed by atoms with E-state index >= 15 is 0 Å². The van der Waals surface area contributed by atoms with Crippen molar-refractivity contribution in [1.82, 2.24) is 5.32 Å². The van der Waals surface area contributed by atoms with E-state index < -0.39 is 46.7 Å². The van der Waals surface area contributed by atoms with Gasteiger partial charge in [0.1, 0.15) is 0 Å². The van der Waals surface area contributed by atoms with Crippen LogP contribution in [0.5, 0.6) is 0 Å². The molecule has 2 N–H and O–H groups in total. The van der Waals surface area contributed by atoms with Crippen molar-refractivity contribution in [1.29, 1.82) is 0 Å². The largest absolute Gasteiger partial charge is 0.511 e. The van der Waals surface area contributed by atoms with E-state index in [1.807, 2.05) is 0 Å². The van der Waals surface area contributed by atoms with Gasteiger partial charge in [-0.05, 0) is 19.3 Å². The van der Waals surface area contributed by atoms with Crippen molar-refractivity contribution in [2.45, 2.75) is 72.7 Å². The molecule has 0 rings (SSSR count). The van der Waals surface area contributed by atoms with Crippen molar-refractivity contribution in [3.05, 3.63) is 0 Å². The average molecular weight is 470 g/mol. The van der Waals surface area contributed by atoms with Crippen molar-refractivity contribution in [3.63, 3.8) is 0 Å². The summed E-state index contributed by atoms with van der Waals surface area (Å²) >= 11 is 0. The van der Waals surface area contributed by atoms with Gasteiger partial charge in [0.15, 0.2) is 6.10 Å². The van der Waals surface area contributed by atoms with E-state index in [1.165, 1.54) is 20.8 Å². The van der Waals surface area contributed by atoms with Crippen LogP contribution in [-0.4, -0.2) is 69.5 Å². The molecule has 11 nitrogen and oxygen atoms in total. The van der Waals surface area contributed by atoms with Crippen LogP contribution in [0.15, 0.2) is 0 Å². The standard InChI is InChI=1S/C19H35NO10S/c1-6-9-15(30-18(24)27-11-7-2)29-17(23)16(22)19(4,5)13-28-31(25,26)12-8-10-20-14(3)21/h15-16,22H,6-13H2,1-5H3,(H,20,21)/t15?,16-/m0/s1. The summed E-state index contributed by atoms with van der Waals surface area (Å²) in [6.45, 7) is 7.61. The molecular weight excluding hydrogens is 434 g/mol. The molecule has 0 aromatic rings. The van der Waals surface area contributed by atoms with Crippen LogP contribution in [0.25, 0.3) is 0 Å². The minimum absolute atomic E-state index is 0.150. The van der Waals surface area contributed by atoms with Crippen LogP contribution in [0, 0.1) is 5.41 Å². The summed E-state index contributed by atoms with van der Waals surface area (Å²) in [6, 6.07) is 0. The third kappa shape index (κ3) is 13.2. The van der Waals surface area contributed by atoms with Crippen molar-refractivity contribution in [2.24, 2.45) is 5.41 Å². The molecular formula is C19H35NO10S. The molecule has 0 aliphatic carbocycles. The lowest BCUT2D eigenvalue weighted by Crippen LogP contribution is -2.43. The first-order valence-electron chi connectivity index (χ1n) is 10.2. The summed E-state index contributed by atoms with van der Waals surface area (Å²) in [5.74, 6) is -1.70. The number of rotatable bonds is 15. The predicted molar refractivity (Wildman–Crippen MR) is 110 cm³/mol. The molecule has 182 valence electrons. The number of ether oxygens (including phenoxy) is 3. The molecule has 0 saturated heterocycles. The number of hydrogen-bond acceptors (Lipinski definition) is 10. The summed E-state index contributed by atoms with van der Waals surface area (Å²) in [7, 11) is -3.93. The van der Waals surface area contributed by atoms with Gasteiger partial charge in [-0.25, -0.2) is 9.59 Å². The number of aliphatic hydroxyl groups is 1. The van der Waals surface area contributed by atoms with Crippen LogP contribution in [-0.2, 0) is 38.1 Å². The first kappa shape index (κ1) is 29.1. The van der Waals surface area contributed by atoms with E-state index in [2.05, 4.69) is 5.32 Å². The molecule has 12 heteroatoms. The first-order chi connectivity index (χ1) is 14.3. The molecule has 0 aliphatic heterocycles. The number of carbonyl (C=O) groups excluding carboxylic acids is 3. The SMILES string of the molecule is CCCOC(=O)OC(CCC)OC(=O)[C@H](O)C(C)(C)COS(=O)(=O)CCCNC(C)=O. The highest BCUT2D eigenvalue weighted by atomic mass is 32.2. The lowest BCUT2D eigenvalue weighted by atomic mass is 9.87. The van der Waals surface area contributed by atoms with Crippen LogP contribution in [0.2, 0.25) is 0 Å². The van der Waals surface area contributed by atoms with Gasteiger partial charge in [-0.2, -0.15) is 8.42 Å². The predicted octanol–water partition coefficient (Wildman–Crippen LogP) is 1.48. The van der Waals surface area contributed by atoms with Crippen LogP contribution >= 0.6 is 0 Å². The number of esters is 1. The van der Waals surface area contributed by atoms with Crippen molar-refractivity contribution < 1.29 is 46.3 Å². The van der Waals surface area contributed by atoms with Gasteiger partial charge in [-0.3, -0.25) is 8.98 Å². The zero-order chi connectivity index (χ0) is 24.1. The highest BCUT2D eigenvalue weighted by Gasteiger charge is 2.38. The van der Waals surface area contributed by atoms with Crippen molar-refractivity contribution in [3.8, 4) is 0 Å². The third-order valence-electron chi connectivity index (χ3n) is 3.94. The van der Waals surface area contributed by atoms with Crippen molar-refractivity contribution in [2.75, 3.05) is 25.5 Å². The Bertz CT molecular complexity index is 677. The number of nitrogens with one attached hydrogen (secondary N) is 1. The Labute approximate surface area is 183 Å². The van der Waals surface area contributed by atoms with Gasteiger partial charge in [0.25, 0.3) is 16.4 Å². The third-order valence-corrected chi connectivity index (χ3v) is 5.21. The Morgan fingerprint density at radius 2 is 1.74 bits per heavy atom. The molecule has 0 aromatic carbocycles. The van der Waals surface area contributed by atoms with Gasteiger partial charge < -0.3 is 24.6 Å². The number of hydrogen-bond donors (Lipinski definition) is 2. The van der Waals surface area contributed by atoms with Crippen LogP contribution in [0.3, 0.4) is 0 Å². The smallest absolute Gasteiger partial charge is 0.434 e. The van der Waals surface area contributed by atoms with Gasteiger partial charge in [-0.1, -0.05) is 27.7 Å². The van der Waals surface area contributed by atoms with Crippen molar-refractivity contribution >= 4 is 28.1 Å². The first-order valence-corrected chi connectivity index (χ1v) is 11.8. The molecule has 1 unspecified atom stereocenters. The Balaban J connectivity index is 4.76. The highest BCUT2D eigenvalue weighted by molar-refractivity contribution is 7.86. The lowest BCUT2D eigenvalue weighted by Gasteiger charge is -2.29. The van der Waals surface area contributed by atoms with E-state index in [-0.39, 0.29) is 37.7 Å². The van der Waals surface area contributed by atoms with E-state index in [0.717, 1.165) is 0 Å². The van der Waals surface area contributed by atoms with Gasteiger partial charge in [-0.15, -0.1) is 0 Å². The maximum absolute atomic E-state index is 12.3. The molecule has 0 radical (unpaired) electrons. The summed E-state index contributed by atoms with van der Waals surface area (Å²) in [4.78, 5) is 34.7. The molecule has 1 amide bonds. The maximum atomic E-state index is 12.3.